The zero-order valence-corrected chi connectivity index (χ0v) is 19.6. The normalized spacial score (nSPS) is 15.5. The lowest BCUT2D eigenvalue weighted by molar-refractivity contribution is -0.137. The molecule has 1 saturated heterocycles. The van der Waals surface area contributed by atoms with Crippen molar-refractivity contribution in [2.45, 2.75) is 19.0 Å². The van der Waals surface area contributed by atoms with Gasteiger partial charge in [0.2, 0.25) is 0 Å². The molecule has 0 spiro atoms. The molecule has 1 aliphatic rings. The summed E-state index contributed by atoms with van der Waals surface area (Å²) in [5.74, 6) is 0.413. The topological polar surface area (TPSA) is 56.9 Å². The van der Waals surface area contributed by atoms with Crippen LogP contribution in [0.1, 0.15) is 18.4 Å². The molecule has 3 N–H and O–H groups in total. The fourth-order valence-electron chi connectivity index (χ4n) is 3.46. The maximum atomic E-state index is 12.9. The van der Waals surface area contributed by atoms with E-state index >= 15 is 0 Å². The van der Waals surface area contributed by atoms with Gasteiger partial charge in [0.15, 0.2) is 5.96 Å². The van der Waals surface area contributed by atoms with Gasteiger partial charge in [-0.25, -0.2) is 0 Å². The maximum absolute atomic E-state index is 12.9. The van der Waals surface area contributed by atoms with Crippen molar-refractivity contribution in [2.24, 2.45) is 10.7 Å². The number of aliphatic imine (C=N–C) groups is 1. The molecule has 31 heavy (non-hydrogen) atoms. The van der Waals surface area contributed by atoms with Gasteiger partial charge >= 0.3 is 6.18 Å². The van der Waals surface area contributed by atoms with Crippen LogP contribution >= 0.6 is 24.0 Å². The van der Waals surface area contributed by atoms with Crippen molar-refractivity contribution in [1.82, 2.24) is 4.90 Å². The van der Waals surface area contributed by atoms with E-state index in [1.54, 1.807) is 6.07 Å². The van der Waals surface area contributed by atoms with Crippen molar-refractivity contribution in [3.63, 3.8) is 0 Å². The lowest BCUT2D eigenvalue weighted by atomic mass is 10.1. The van der Waals surface area contributed by atoms with Crippen molar-refractivity contribution in [2.75, 3.05) is 49.5 Å². The van der Waals surface area contributed by atoms with E-state index in [2.05, 4.69) is 15.2 Å². The number of hydrogen-bond donors (Lipinski definition) is 2. The molecule has 0 radical (unpaired) electrons. The van der Waals surface area contributed by atoms with E-state index in [1.807, 2.05) is 35.2 Å². The summed E-state index contributed by atoms with van der Waals surface area (Å²) < 4.78 is 38.7. The largest absolute Gasteiger partial charge is 0.416 e. The van der Waals surface area contributed by atoms with Crippen LogP contribution < -0.4 is 16.0 Å². The minimum atomic E-state index is -4.31. The summed E-state index contributed by atoms with van der Waals surface area (Å²) in [6.45, 7) is 4.77. The Kier molecular flexibility index (Phi) is 9.89. The van der Waals surface area contributed by atoms with Gasteiger partial charge in [0.25, 0.3) is 0 Å². The molecule has 0 bridgehead atoms. The highest BCUT2D eigenvalue weighted by molar-refractivity contribution is 14.0. The van der Waals surface area contributed by atoms with Crippen LogP contribution in [0.4, 0.5) is 24.5 Å². The minimum Gasteiger partial charge on any atom is -0.370 e. The molecule has 2 aromatic rings. The van der Waals surface area contributed by atoms with E-state index in [0.717, 1.165) is 57.3 Å². The van der Waals surface area contributed by atoms with Gasteiger partial charge in [0.05, 0.1) is 5.56 Å². The van der Waals surface area contributed by atoms with Crippen LogP contribution in [0.5, 0.6) is 0 Å². The van der Waals surface area contributed by atoms with Gasteiger partial charge < -0.3 is 16.0 Å². The average molecular weight is 547 g/mol. The molecular weight excluding hydrogens is 518 g/mol. The van der Waals surface area contributed by atoms with E-state index in [-0.39, 0.29) is 24.0 Å². The highest BCUT2D eigenvalue weighted by Crippen LogP contribution is 2.31. The van der Waals surface area contributed by atoms with Crippen LogP contribution in [0.15, 0.2) is 59.6 Å². The van der Waals surface area contributed by atoms with Crippen molar-refractivity contribution in [1.29, 1.82) is 0 Å². The van der Waals surface area contributed by atoms with E-state index in [0.29, 0.717) is 18.2 Å². The third-order valence-corrected chi connectivity index (χ3v) is 5.12. The lowest BCUT2D eigenvalue weighted by Gasteiger charge is -2.36. The molecule has 2 aromatic carbocycles. The van der Waals surface area contributed by atoms with Gasteiger partial charge in [-0.3, -0.25) is 9.89 Å². The number of nitrogens with two attached hydrogens (primary N) is 1. The predicted octanol–water partition coefficient (Wildman–Crippen LogP) is 4.65. The Labute approximate surface area is 198 Å². The monoisotopic (exact) mass is 547 g/mol. The summed E-state index contributed by atoms with van der Waals surface area (Å²) in [5.41, 5.74) is 6.85. The SMILES string of the molecule is I.NC(=NCCCCN1CCN(c2cccc(C(F)(F)F)c2)CC1)Nc1ccccc1. The van der Waals surface area contributed by atoms with Crippen LogP contribution in [-0.2, 0) is 6.18 Å². The molecule has 0 amide bonds. The number of alkyl halides is 3. The second kappa shape index (κ2) is 12.1. The number of hydrogen-bond acceptors (Lipinski definition) is 3. The van der Waals surface area contributed by atoms with E-state index in [1.165, 1.54) is 12.1 Å². The Morgan fingerprint density at radius 3 is 2.35 bits per heavy atom. The van der Waals surface area contributed by atoms with Gasteiger partial charge in [0.1, 0.15) is 0 Å². The summed E-state index contributed by atoms with van der Waals surface area (Å²) in [6, 6.07) is 15.2. The van der Waals surface area contributed by atoms with Crippen LogP contribution in [0.3, 0.4) is 0 Å². The van der Waals surface area contributed by atoms with E-state index < -0.39 is 11.7 Å². The molecule has 0 atom stereocenters. The predicted molar refractivity (Wildman–Crippen MR) is 131 cm³/mol. The van der Waals surface area contributed by atoms with Gasteiger partial charge in [0, 0.05) is 44.1 Å². The molecule has 1 heterocycles. The summed E-state index contributed by atoms with van der Waals surface area (Å²) in [7, 11) is 0. The van der Waals surface area contributed by atoms with Gasteiger partial charge in [-0.05, 0) is 49.7 Å². The zero-order valence-electron chi connectivity index (χ0n) is 17.3. The molecule has 0 aromatic heterocycles. The second-order valence-corrected chi connectivity index (χ2v) is 7.34. The number of halogens is 4. The molecule has 9 heteroatoms. The highest BCUT2D eigenvalue weighted by Gasteiger charge is 2.31. The van der Waals surface area contributed by atoms with Crippen molar-refractivity contribution < 1.29 is 13.2 Å². The smallest absolute Gasteiger partial charge is 0.370 e. The van der Waals surface area contributed by atoms with Crippen molar-refractivity contribution in [3.8, 4) is 0 Å². The first kappa shape index (κ1) is 25.3. The van der Waals surface area contributed by atoms with Gasteiger partial charge in [-0.2, -0.15) is 13.2 Å². The minimum absolute atomic E-state index is 0. The number of anilines is 2. The number of benzene rings is 2. The Morgan fingerprint density at radius 1 is 0.968 bits per heavy atom. The molecule has 0 saturated carbocycles. The molecular formula is C22H29F3IN5. The van der Waals surface area contributed by atoms with Gasteiger partial charge in [-0.15, -0.1) is 24.0 Å². The average Bonchev–Trinajstić information content (AvgIpc) is 2.74. The number of guanidine groups is 1. The Balaban J connectivity index is 0.00000341. The molecule has 1 aliphatic heterocycles. The number of unbranched alkanes of at least 4 members (excludes halogenated alkanes) is 1. The van der Waals surface area contributed by atoms with Crippen LogP contribution in [0.25, 0.3) is 0 Å². The molecule has 0 aliphatic carbocycles. The summed E-state index contributed by atoms with van der Waals surface area (Å²) in [4.78, 5) is 8.71. The Morgan fingerprint density at radius 2 is 1.68 bits per heavy atom. The standard InChI is InChI=1S/C22H28F3N5.HI/c23-22(24,25)18-7-6-10-20(17-18)30-15-13-29(14-16-30)12-5-4-11-27-21(26)28-19-8-2-1-3-9-19;/h1-3,6-10,17H,4-5,11-16H2,(H3,26,27,28);1H. The molecule has 170 valence electrons. The number of nitrogens with one attached hydrogen (secondary N) is 1. The second-order valence-electron chi connectivity index (χ2n) is 7.34. The van der Waals surface area contributed by atoms with E-state index in [4.69, 9.17) is 5.73 Å². The molecule has 5 nitrogen and oxygen atoms in total. The first-order valence-electron chi connectivity index (χ1n) is 10.2. The quantitative estimate of drug-likeness (QED) is 0.230. The number of rotatable bonds is 7. The zero-order chi connectivity index (χ0) is 21.4. The van der Waals surface area contributed by atoms with Crippen molar-refractivity contribution >= 4 is 41.3 Å². The lowest BCUT2D eigenvalue weighted by Crippen LogP contribution is -2.46. The number of nitrogens with zero attached hydrogens (tertiary/aromatic N) is 3. The van der Waals surface area contributed by atoms with Crippen LogP contribution in [-0.4, -0.2) is 50.1 Å². The molecule has 0 unspecified atom stereocenters. The third-order valence-electron chi connectivity index (χ3n) is 5.12. The Hall–Kier alpha value is -2.01. The summed E-state index contributed by atoms with van der Waals surface area (Å²) in [6.07, 6.45) is -2.36. The third kappa shape index (κ3) is 8.21. The number of para-hydroxylation sites is 1. The van der Waals surface area contributed by atoms with E-state index in [9.17, 15) is 13.2 Å². The Bertz CT molecular complexity index is 821. The fourth-order valence-corrected chi connectivity index (χ4v) is 3.46. The highest BCUT2D eigenvalue weighted by atomic mass is 127. The summed E-state index contributed by atoms with van der Waals surface area (Å²) >= 11 is 0. The van der Waals surface area contributed by atoms with Crippen LogP contribution in [0, 0.1) is 0 Å². The maximum Gasteiger partial charge on any atom is 0.416 e. The molecule has 1 fully saturated rings. The first-order chi connectivity index (χ1) is 14.4. The number of piperazine rings is 1. The fraction of sp³-hybridized carbons (Fsp3) is 0.409. The van der Waals surface area contributed by atoms with Crippen molar-refractivity contribution in [3.05, 3.63) is 60.2 Å². The molecule has 3 rings (SSSR count). The summed E-state index contributed by atoms with van der Waals surface area (Å²) in [5, 5.41) is 3.06. The van der Waals surface area contributed by atoms with Gasteiger partial charge in [-0.1, -0.05) is 24.3 Å². The van der Waals surface area contributed by atoms with Crippen LogP contribution in [0.2, 0.25) is 0 Å². The first-order valence-corrected chi connectivity index (χ1v) is 10.2.